The highest BCUT2D eigenvalue weighted by atomic mass is 16.6. The molecule has 0 saturated carbocycles. The Kier molecular flexibility index (Phi) is 4.25. The Morgan fingerprint density at radius 2 is 1.55 bits per heavy atom. The zero-order chi connectivity index (χ0) is 14.8. The van der Waals surface area contributed by atoms with E-state index in [0.717, 1.165) is 58.3 Å². The molecule has 2 fully saturated rings. The van der Waals surface area contributed by atoms with Gasteiger partial charge in [-0.15, -0.1) is 0 Å². The van der Waals surface area contributed by atoms with Crippen LogP contribution in [0.4, 0.5) is 4.79 Å². The topological polar surface area (TPSA) is 49.9 Å². The first-order chi connectivity index (χ1) is 9.34. The highest BCUT2D eigenvalue weighted by Crippen LogP contribution is 2.41. The van der Waals surface area contributed by atoms with Crippen LogP contribution in [-0.2, 0) is 9.53 Å². The number of piperidine rings is 2. The Bertz CT molecular complexity index is 358. The van der Waals surface area contributed by atoms with E-state index in [1.165, 1.54) is 0 Å². The van der Waals surface area contributed by atoms with E-state index in [1.807, 2.05) is 30.6 Å². The molecule has 2 saturated heterocycles. The van der Waals surface area contributed by atoms with E-state index in [1.54, 1.807) is 0 Å². The monoisotopic (exact) mass is 282 g/mol. The van der Waals surface area contributed by atoms with Crippen LogP contribution in [0.15, 0.2) is 0 Å². The number of hydrogen-bond donors (Lipinski definition) is 0. The minimum absolute atomic E-state index is 0.197. The summed E-state index contributed by atoms with van der Waals surface area (Å²) in [7, 11) is 0. The SMILES string of the molecule is CC(C)(C)OC(=O)N1CCC2(CCN(C=O)CC2)CC1. The molecular weight excluding hydrogens is 256 g/mol. The zero-order valence-corrected chi connectivity index (χ0v) is 12.9. The Balaban J connectivity index is 1.83. The van der Waals surface area contributed by atoms with E-state index in [9.17, 15) is 9.59 Å². The second-order valence-electron chi connectivity index (χ2n) is 7.11. The van der Waals surface area contributed by atoms with Crippen LogP contribution in [0.2, 0.25) is 0 Å². The van der Waals surface area contributed by atoms with E-state index in [2.05, 4.69) is 0 Å². The highest BCUT2D eigenvalue weighted by molar-refractivity contribution is 5.68. The Morgan fingerprint density at radius 3 is 2.00 bits per heavy atom. The third-order valence-corrected chi connectivity index (χ3v) is 4.48. The number of rotatable bonds is 1. The van der Waals surface area contributed by atoms with Crippen molar-refractivity contribution < 1.29 is 14.3 Å². The standard InChI is InChI=1S/C15H26N2O3/c1-14(2,3)20-13(19)17-10-6-15(7-11-17)4-8-16(12-18)9-5-15/h12H,4-11H2,1-3H3. The van der Waals surface area contributed by atoms with Crippen molar-refractivity contribution in [3.63, 3.8) is 0 Å². The summed E-state index contributed by atoms with van der Waals surface area (Å²) in [6.07, 6.45) is 4.93. The van der Waals surface area contributed by atoms with E-state index in [-0.39, 0.29) is 6.09 Å². The molecule has 2 heterocycles. The van der Waals surface area contributed by atoms with Gasteiger partial charge in [0.2, 0.25) is 6.41 Å². The van der Waals surface area contributed by atoms with Gasteiger partial charge in [-0.05, 0) is 51.9 Å². The number of ether oxygens (including phenoxy) is 1. The third-order valence-electron chi connectivity index (χ3n) is 4.48. The molecule has 0 bridgehead atoms. The molecule has 2 aliphatic rings. The van der Waals surface area contributed by atoms with Gasteiger partial charge in [0.1, 0.15) is 5.60 Å². The van der Waals surface area contributed by atoms with Crippen LogP contribution in [0, 0.1) is 5.41 Å². The van der Waals surface area contributed by atoms with Crippen LogP contribution < -0.4 is 0 Å². The number of likely N-dealkylation sites (tertiary alicyclic amines) is 2. The van der Waals surface area contributed by atoms with Crippen molar-refractivity contribution in [2.45, 2.75) is 52.1 Å². The second-order valence-corrected chi connectivity index (χ2v) is 7.11. The van der Waals surface area contributed by atoms with Gasteiger partial charge in [0, 0.05) is 26.2 Å². The van der Waals surface area contributed by atoms with Crippen molar-refractivity contribution >= 4 is 12.5 Å². The van der Waals surface area contributed by atoms with Crippen LogP contribution in [0.25, 0.3) is 0 Å². The molecule has 0 aliphatic carbocycles. The molecule has 1 spiro atoms. The van der Waals surface area contributed by atoms with Gasteiger partial charge >= 0.3 is 6.09 Å². The fourth-order valence-corrected chi connectivity index (χ4v) is 3.09. The van der Waals surface area contributed by atoms with Crippen LogP contribution >= 0.6 is 0 Å². The average Bonchev–Trinajstić information content (AvgIpc) is 2.38. The molecule has 5 nitrogen and oxygen atoms in total. The molecule has 2 rings (SSSR count). The number of carbonyl (C=O) groups excluding carboxylic acids is 2. The predicted molar refractivity (Wildman–Crippen MR) is 76.3 cm³/mol. The summed E-state index contributed by atoms with van der Waals surface area (Å²) in [5, 5.41) is 0. The first-order valence-electron chi connectivity index (χ1n) is 7.51. The van der Waals surface area contributed by atoms with Gasteiger partial charge in [-0.1, -0.05) is 0 Å². The summed E-state index contributed by atoms with van der Waals surface area (Å²) in [4.78, 5) is 26.5. The fraction of sp³-hybridized carbons (Fsp3) is 0.867. The predicted octanol–water partition coefficient (Wildman–Crippen LogP) is 2.26. The molecule has 0 atom stereocenters. The third kappa shape index (κ3) is 3.64. The maximum atomic E-state index is 12.0. The second kappa shape index (κ2) is 5.62. The molecular formula is C15H26N2O3. The van der Waals surface area contributed by atoms with E-state index < -0.39 is 5.60 Å². The largest absolute Gasteiger partial charge is 0.444 e. The van der Waals surface area contributed by atoms with Gasteiger partial charge in [-0.25, -0.2) is 4.79 Å². The lowest BCUT2D eigenvalue weighted by Crippen LogP contribution is -2.48. The summed E-state index contributed by atoms with van der Waals surface area (Å²) >= 11 is 0. The average molecular weight is 282 g/mol. The first kappa shape index (κ1) is 15.1. The van der Waals surface area contributed by atoms with Crippen molar-refractivity contribution in [3.05, 3.63) is 0 Å². The van der Waals surface area contributed by atoms with Gasteiger partial charge < -0.3 is 14.5 Å². The van der Waals surface area contributed by atoms with Crippen molar-refractivity contribution in [2.75, 3.05) is 26.2 Å². The summed E-state index contributed by atoms with van der Waals surface area (Å²) < 4.78 is 5.42. The normalized spacial score (nSPS) is 22.8. The lowest BCUT2D eigenvalue weighted by Gasteiger charge is -2.46. The number of nitrogens with zero attached hydrogens (tertiary/aromatic N) is 2. The Labute approximate surface area is 121 Å². The summed E-state index contributed by atoms with van der Waals surface area (Å²) in [5.41, 5.74) is -0.0977. The molecule has 2 aliphatic heterocycles. The number of amides is 2. The lowest BCUT2D eigenvalue weighted by atomic mass is 9.71. The van der Waals surface area contributed by atoms with Crippen LogP contribution in [-0.4, -0.2) is 54.1 Å². The minimum Gasteiger partial charge on any atom is -0.444 e. The van der Waals surface area contributed by atoms with Crippen LogP contribution in [0.1, 0.15) is 46.5 Å². The minimum atomic E-state index is -0.429. The molecule has 0 aromatic rings. The van der Waals surface area contributed by atoms with Gasteiger partial charge in [0.15, 0.2) is 0 Å². The van der Waals surface area contributed by atoms with Gasteiger partial charge in [-0.2, -0.15) is 0 Å². The molecule has 0 unspecified atom stereocenters. The molecule has 0 N–H and O–H groups in total. The molecule has 0 radical (unpaired) electrons. The highest BCUT2D eigenvalue weighted by Gasteiger charge is 2.39. The summed E-state index contributed by atoms with van der Waals surface area (Å²) in [6, 6.07) is 0. The number of carbonyl (C=O) groups is 2. The van der Waals surface area contributed by atoms with Crippen molar-refractivity contribution in [2.24, 2.45) is 5.41 Å². The summed E-state index contributed by atoms with van der Waals surface area (Å²) in [5.74, 6) is 0. The molecule has 0 aromatic heterocycles. The number of hydrogen-bond acceptors (Lipinski definition) is 3. The quantitative estimate of drug-likeness (QED) is 0.693. The summed E-state index contributed by atoms with van der Waals surface area (Å²) in [6.45, 7) is 8.94. The molecule has 2 amide bonds. The molecule has 0 aromatic carbocycles. The van der Waals surface area contributed by atoms with Crippen LogP contribution in [0.3, 0.4) is 0 Å². The van der Waals surface area contributed by atoms with Crippen molar-refractivity contribution in [1.82, 2.24) is 9.80 Å². The van der Waals surface area contributed by atoms with Gasteiger partial charge in [0.05, 0.1) is 0 Å². The fourth-order valence-electron chi connectivity index (χ4n) is 3.09. The van der Waals surface area contributed by atoms with Gasteiger partial charge in [0.25, 0.3) is 0 Å². The van der Waals surface area contributed by atoms with Crippen LogP contribution in [0.5, 0.6) is 0 Å². The van der Waals surface area contributed by atoms with Gasteiger partial charge in [-0.3, -0.25) is 4.79 Å². The molecule has 114 valence electrons. The van der Waals surface area contributed by atoms with E-state index >= 15 is 0 Å². The zero-order valence-electron chi connectivity index (χ0n) is 12.9. The maximum Gasteiger partial charge on any atom is 0.410 e. The smallest absolute Gasteiger partial charge is 0.410 e. The maximum absolute atomic E-state index is 12.0. The Hall–Kier alpha value is -1.26. The Morgan fingerprint density at radius 1 is 1.05 bits per heavy atom. The first-order valence-corrected chi connectivity index (χ1v) is 7.51. The molecule has 20 heavy (non-hydrogen) atoms. The van der Waals surface area contributed by atoms with E-state index in [0.29, 0.717) is 5.41 Å². The molecule has 5 heteroatoms. The lowest BCUT2D eigenvalue weighted by molar-refractivity contribution is -0.120. The van der Waals surface area contributed by atoms with Crippen molar-refractivity contribution in [3.8, 4) is 0 Å². The van der Waals surface area contributed by atoms with E-state index in [4.69, 9.17) is 4.74 Å². The van der Waals surface area contributed by atoms with Crippen molar-refractivity contribution in [1.29, 1.82) is 0 Å².